The first-order valence-corrected chi connectivity index (χ1v) is 7.06. The Kier molecular flexibility index (Phi) is 5.44. The summed E-state index contributed by atoms with van der Waals surface area (Å²) in [6, 6.07) is 15.9. The van der Waals surface area contributed by atoms with E-state index >= 15 is 0 Å². The summed E-state index contributed by atoms with van der Waals surface area (Å²) in [7, 11) is 0. The number of nitrogens with zero attached hydrogens (tertiary/aromatic N) is 2. The lowest BCUT2D eigenvalue weighted by molar-refractivity contribution is 0.306. The maximum Gasteiger partial charge on any atom is 0.130 e. The molecule has 2 rings (SSSR count). The largest absolute Gasteiger partial charge is 0.489 e. The normalized spacial score (nSPS) is 9.45. The predicted molar refractivity (Wildman–Crippen MR) is 86.4 cm³/mol. The molecule has 0 fully saturated rings. The van der Waals surface area contributed by atoms with Gasteiger partial charge >= 0.3 is 0 Å². The number of halogens is 2. The molecule has 2 aromatic rings. The highest BCUT2D eigenvalue weighted by Gasteiger charge is 2.03. The molecular formula is C17H10Cl2N2O. The minimum absolute atomic E-state index is 0.0571. The molecule has 0 amide bonds. The van der Waals surface area contributed by atoms with Gasteiger partial charge in [0.1, 0.15) is 30.1 Å². The van der Waals surface area contributed by atoms with Crippen LogP contribution in [-0.2, 0) is 6.61 Å². The van der Waals surface area contributed by atoms with Crippen molar-refractivity contribution in [2.24, 2.45) is 0 Å². The second-order valence-corrected chi connectivity index (χ2v) is 5.22. The third-order valence-electron chi connectivity index (χ3n) is 2.84. The van der Waals surface area contributed by atoms with Crippen LogP contribution in [0.3, 0.4) is 0 Å². The van der Waals surface area contributed by atoms with Crippen molar-refractivity contribution in [2.75, 3.05) is 0 Å². The lowest BCUT2D eigenvalue weighted by atomic mass is 10.1. The molecule has 5 heteroatoms. The SMILES string of the molecule is N#CC(C#N)=Cc1ccc(OCc2ccc(Cl)cc2Cl)cc1. The summed E-state index contributed by atoms with van der Waals surface area (Å²) in [5, 5.41) is 18.6. The van der Waals surface area contributed by atoms with Crippen molar-refractivity contribution in [3.05, 3.63) is 69.2 Å². The van der Waals surface area contributed by atoms with E-state index in [0.717, 1.165) is 11.1 Å². The van der Waals surface area contributed by atoms with Gasteiger partial charge in [-0.15, -0.1) is 0 Å². The topological polar surface area (TPSA) is 56.8 Å². The molecule has 0 aliphatic heterocycles. The van der Waals surface area contributed by atoms with Crippen LogP contribution in [0.25, 0.3) is 6.08 Å². The van der Waals surface area contributed by atoms with E-state index in [1.165, 1.54) is 6.08 Å². The minimum atomic E-state index is 0.0571. The molecule has 0 aliphatic carbocycles. The molecule has 0 aromatic heterocycles. The molecule has 0 spiro atoms. The maximum absolute atomic E-state index is 8.71. The Balaban J connectivity index is 2.05. The summed E-state index contributed by atoms with van der Waals surface area (Å²) in [5.74, 6) is 0.665. The van der Waals surface area contributed by atoms with Crippen molar-refractivity contribution in [1.82, 2.24) is 0 Å². The van der Waals surface area contributed by atoms with Crippen LogP contribution in [0.15, 0.2) is 48.0 Å². The van der Waals surface area contributed by atoms with Crippen LogP contribution in [0.1, 0.15) is 11.1 Å². The third-order valence-corrected chi connectivity index (χ3v) is 3.43. The summed E-state index contributed by atoms with van der Waals surface area (Å²) in [6.45, 7) is 0.326. The van der Waals surface area contributed by atoms with Crippen LogP contribution in [0, 0.1) is 22.7 Å². The van der Waals surface area contributed by atoms with Gasteiger partial charge in [-0.3, -0.25) is 0 Å². The Hall–Kier alpha value is -2.46. The lowest BCUT2D eigenvalue weighted by Gasteiger charge is -2.08. The molecule has 0 N–H and O–H groups in total. The maximum atomic E-state index is 8.71. The fourth-order valence-corrected chi connectivity index (χ4v) is 2.18. The molecule has 3 nitrogen and oxygen atoms in total. The molecule has 2 aromatic carbocycles. The van der Waals surface area contributed by atoms with Gasteiger partial charge in [-0.2, -0.15) is 10.5 Å². The molecule has 0 saturated heterocycles. The van der Waals surface area contributed by atoms with E-state index in [1.54, 1.807) is 36.4 Å². The first-order valence-electron chi connectivity index (χ1n) is 6.31. The average molecular weight is 329 g/mol. The quantitative estimate of drug-likeness (QED) is 0.742. The van der Waals surface area contributed by atoms with Gasteiger partial charge in [0.2, 0.25) is 0 Å². The molecule has 0 aliphatic rings. The summed E-state index contributed by atoms with van der Waals surface area (Å²) in [4.78, 5) is 0. The van der Waals surface area contributed by atoms with Crippen molar-refractivity contribution in [1.29, 1.82) is 10.5 Å². The number of nitriles is 2. The smallest absolute Gasteiger partial charge is 0.130 e. The van der Waals surface area contributed by atoms with E-state index in [4.69, 9.17) is 38.5 Å². The van der Waals surface area contributed by atoms with Crippen LogP contribution in [0.5, 0.6) is 5.75 Å². The van der Waals surface area contributed by atoms with Crippen molar-refractivity contribution in [3.63, 3.8) is 0 Å². The molecule has 0 atom stereocenters. The van der Waals surface area contributed by atoms with Crippen LogP contribution in [0.4, 0.5) is 0 Å². The van der Waals surface area contributed by atoms with Gasteiger partial charge in [0.15, 0.2) is 0 Å². The van der Waals surface area contributed by atoms with Crippen LogP contribution in [0.2, 0.25) is 10.0 Å². The Labute approximate surface area is 138 Å². The van der Waals surface area contributed by atoms with E-state index in [-0.39, 0.29) is 5.57 Å². The molecule has 0 heterocycles. The highest BCUT2D eigenvalue weighted by molar-refractivity contribution is 6.35. The second kappa shape index (κ2) is 7.52. The summed E-state index contributed by atoms with van der Waals surface area (Å²) >= 11 is 11.9. The minimum Gasteiger partial charge on any atom is -0.489 e. The zero-order valence-electron chi connectivity index (χ0n) is 11.4. The second-order valence-electron chi connectivity index (χ2n) is 4.38. The predicted octanol–water partition coefficient (Wildman–Crippen LogP) is 5.00. The van der Waals surface area contributed by atoms with E-state index in [0.29, 0.717) is 22.4 Å². The average Bonchev–Trinajstić information content (AvgIpc) is 2.53. The van der Waals surface area contributed by atoms with Crippen LogP contribution in [-0.4, -0.2) is 0 Å². The number of rotatable bonds is 4. The van der Waals surface area contributed by atoms with E-state index in [1.807, 2.05) is 18.2 Å². The Morgan fingerprint density at radius 1 is 1.05 bits per heavy atom. The fraction of sp³-hybridized carbons (Fsp3) is 0.0588. The number of ether oxygens (including phenoxy) is 1. The molecule has 0 radical (unpaired) electrons. The molecular weight excluding hydrogens is 319 g/mol. The van der Waals surface area contributed by atoms with Gasteiger partial charge in [-0.05, 0) is 35.9 Å². The zero-order chi connectivity index (χ0) is 15.9. The van der Waals surface area contributed by atoms with E-state index in [2.05, 4.69) is 0 Å². The van der Waals surface area contributed by atoms with Gasteiger partial charge in [0.25, 0.3) is 0 Å². The zero-order valence-corrected chi connectivity index (χ0v) is 12.9. The Morgan fingerprint density at radius 3 is 2.32 bits per heavy atom. The van der Waals surface area contributed by atoms with Crippen LogP contribution < -0.4 is 4.74 Å². The summed E-state index contributed by atoms with van der Waals surface area (Å²) in [6.07, 6.45) is 1.51. The molecule has 22 heavy (non-hydrogen) atoms. The fourth-order valence-electron chi connectivity index (χ4n) is 1.72. The molecule has 0 saturated carbocycles. The number of allylic oxidation sites excluding steroid dienone is 1. The highest BCUT2D eigenvalue weighted by atomic mass is 35.5. The third kappa shape index (κ3) is 4.27. The molecule has 108 valence electrons. The summed E-state index contributed by atoms with van der Waals surface area (Å²) < 4.78 is 5.65. The van der Waals surface area contributed by atoms with Crippen molar-refractivity contribution < 1.29 is 4.74 Å². The van der Waals surface area contributed by atoms with Gasteiger partial charge < -0.3 is 4.74 Å². The van der Waals surface area contributed by atoms with Gasteiger partial charge in [0, 0.05) is 15.6 Å². The van der Waals surface area contributed by atoms with Crippen molar-refractivity contribution >= 4 is 29.3 Å². The Bertz CT molecular complexity index is 768. The first-order chi connectivity index (χ1) is 10.6. The first kappa shape index (κ1) is 15.9. The number of hydrogen-bond donors (Lipinski definition) is 0. The number of hydrogen-bond acceptors (Lipinski definition) is 3. The van der Waals surface area contributed by atoms with Crippen LogP contribution >= 0.6 is 23.2 Å². The standard InChI is InChI=1S/C17H10Cl2N2O/c18-15-4-3-14(17(19)8-15)11-22-16-5-1-12(2-6-16)7-13(9-20)10-21/h1-8H,11H2. The summed E-state index contributed by atoms with van der Waals surface area (Å²) in [5.41, 5.74) is 1.66. The monoisotopic (exact) mass is 328 g/mol. The highest BCUT2D eigenvalue weighted by Crippen LogP contribution is 2.23. The lowest BCUT2D eigenvalue weighted by Crippen LogP contribution is -1.96. The molecule has 0 unspecified atom stereocenters. The van der Waals surface area contributed by atoms with Crippen molar-refractivity contribution in [2.45, 2.75) is 6.61 Å². The van der Waals surface area contributed by atoms with E-state index in [9.17, 15) is 0 Å². The van der Waals surface area contributed by atoms with Gasteiger partial charge in [-0.1, -0.05) is 41.4 Å². The van der Waals surface area contributed by atoms with Crippen molar-refractivity contribution in [3.8, 4) is 17.9 Å². The van der Waals surface area contributed by atoms with E-state index < -0.39 is 0 Å². The number of benzene rings is 2. The Morgan fingerprint density at radius 2 is 1.73 bits per heavy atom. The van der Waals surface area contributed by atoms with Gasteiger partial charge in [0.05, 0.1) is 0 Å². The molecule has 0 bridgehead atoms. The van der Waals surface area contributed by atoms with Gasteiger partial charge in [-0.25, -0.2) is 0 Å².